The molecule has 1 amide bonds. The number of amides is 1. The fourth-order valence-corrected chi connectivity index (χ4v) is 1.77. The third-order valence-corrected chi connectivity index (χ3v) is 2.50. The van der Waals surface area contributed by atoms with E-state index in [0.717, 1.165) is 0 Å². The Labute approximate surface area is 101 Å². The molecule has 0 saturated heterocycles. The van der Waals surface area contributed by atoms with Gasteiger partial charge in [0.05, 0.1) is 18.0 Å². The third-order valence-electron chi connectivity index (χ3n) is 2.31. The van der Waals surface area contributed by atoms with Crippen LogP contribution in [0.25, 0.3) is 10.9 Å². The second kappa shape index (κ2) is 4.19. The zero-order valence-electron chi connectivity index (χ0n) is 9.19. The van der Waals surface area contributed by atoms with Gasteiger partial charge in [-0.25, -0.2) is 10.8 Å². The summed E-state index contributed by atoms with van der Waals surface area (Å²) in [6, 6.07) is 1.60. The van der Waals surface area contributed by atoms with Crippen molar-refractivity contribution in [2.24, 2.45) is 12.9 Å². The van der Waals surface area contributed by atoms with Crippen molar-refractivity contribution in [3.05, 3.63) is 16.9 Å². The van der Waals surface area contributed by atoms with E-state index in [2.05, 4.69) is 10.1 Å². The summed E-state index contributed by atoms with van der Waals surface area (Å²) in [5.41, 5.74) is 2.73. The van der Waals surface area contributed by atoms with E-state index in [-0.39, 0.29) is 10.8 Å². The number of rotatable bonds is 2. The Kier molecular flexibility index (Phi) is 2.86. The SMILES string of the molecule is COc1nn(C)c2cc(Cl)nc(C(=O)NN)c12. The fourth-order valence-electron chi connectivity index (χ4n) is 1.58. The number of nitrogens with one attached hydrogen (secondary N) is 1. The van der Waals surface area contributed by atoms with Crippen molar-refractivity contribution < 1.29 is 9.53 Å². The number of carbonyl (C=O) groups excluding carboxylic acids is 1. The summed E-state index contributed by atoms with van der Waals surface area (Å²) >= 11 is 5.84. The molecule has 0 aromatic carbocycles. The number of halogens is 1. The molecule has 0 spiro atoms. The number of hydrogen-bond donors (Lipinski definition) is 2. The van der Waals surface area contributed by atoms with Crippen molar-refractivity contribution in [3.63, 3.8) is 0 Å². The van der Waals surface area contributed by atoms with Crippen LogP contribution in [0, 0.1) is 0 Å². The predicted molar refractivity (Wildman–Crippen MR) is 61.7 cm³/mol. The molecule has 0 saturated carbocycles. The molecule has 0 fully saturated rings. The molecule has 2 aromatic heterocycles. The van der Waals surface area contributed by atoms with E-state index in [1.807, 2.05) is 5.43 Å². The summed E-state index contributed by atoms with van der Waals surface area (Å²) in [5.74, 6) is 4.84. The first-order valence-electron chi connectivity index (χ1n) is 4.66. The Bertz CT molecular complexity index is 595. The molecular weight excluding hydrogens is 246 g/mol. The van der Waals surface area contributed by atoms with E-state index in [4.69, 9.17) is 22.2 Å². The monoisotopic (exact) mass is 255 g/mol. The van der Waals surface area contributed by atoms with Crippen molar-refractivity contribution in [2.75, 3.05) is 7.11 Å². The van der Waals surface area contributed by atoms with Crippen LogP contribution in [-0.4, -0.2) is 27.8 Å². The summed E-state index contributed by atoms with van der Waals surface area (Å²) in [6.07, 6.45) is 0. The average Bonchev–Trinajstić information content (AvgIpc) is 2.64. The molecule has 2 aromatic rings. The van der Waals surface area contributed by atoms with E-state index >= 15 is 0 Å². The van der Waals surface area contributed by atoms with E-state index < -0.39 is 5.91 Å². The van der Waals surface area contributed by atoms with Crippen molar-refractivity contribution in [1.29, 1.82) is 0 Å². The number of nitrogens with two attached hydrogens (primary N) is 1. The van der Waals surface area contributed by atoms with Crippen LogP contribution in [0.3, 0.4) is 0 Å². The molecule has 7 nitrogen and oxygen atoms in total. The van der Waals surface area contributed by atoms with Crippen molar-refractivity contribution in [1.82, 2.24) is 20.2 Å². The largest absolute Gasteiger partial charge is 0.479 e. The summed E-state index contributed by atoms with van der Waals surface area (Å²) in [4.78, 5) is 15.5. The Hall–Kier alpha value is -1.86. The number of nitrogen functional groups attached to an aromatic ring is 1. The van der Waals surface area contributed by atoms with Gasteiger partial charge in [0.25, 0.3) is 5.91 Å². The normalized spacial score (nSPS) is 10.6. The van der Waals surface area contributed by atoms with Crippen LogP contribution in [0.2, 0.25) is 5.15 Å². The van der Waals surface area contributed by atoms with Crippen LogP contribution in [-0.2, 0) is 7.05 Å². The van der Waals surface area contributed by atoms with Crippen LogP contribution >= 0.6 is 11.6 Å². The maximum atomic E-state index is 11.6. The molecule has 0 unspecified atom stereocenters. The number of hydrazine groups is 1. The van der Waals surface area contributed by atoms with Gasteiger partial charge in [0.2, 0.25) is 5.88 Å². The van der Waals surface area contributed by atoms with Gasteiger partial charge in [0.15, 0.2) is 0 Å². The zero-order valence-corrected chi connectivity index (χ0v) is 9.95. The Morgan fingerprint density at radius 2 is 2.35 bits per heavy atom. The minimum atomic E-state index is -0.552. The minimum Gasteiger partial charge on any atom is -0.479 e. The molecule has 8 heteroatoms. The lowest BCUT2D eigenvalue weighted by Crippen LogP contribution is -2.31. The highest BCUT2D eigenvalue weighted by Gasteiger charge is 2.20. The highest BCUT2D eigenvalue weighted by atomic mass is 35.5. The molecule has 90 valence electrons. The van der Waals surface area contributed by atoms with Crippen LogP contribution in [0.5, 0.6) is 5.88 Å². The Morgan fingerprint density at radius 1 is 1.65 bits per heavy atom. The fraction of sp³-hybridized carbons (Fsp3) is 0.222. The number of nitrogens with zero attached hydrogens (tertiary/aromatic N) is 3. The quantitative estimate of drug-likeness (QED) is 0.347. The van der Waals surface area contributed by atoms with Crippen LogP contribution in [0.4, 0.5) is 0 Å². The van der Waals surface area contributed by atoms with Gasteiger partial charge in [-0.05, 0) is 0 Å². The standard InChI is InChI=1S/C9H10ClN5O2/c1-15-4-3-5(10)12-7(8(16)13-11)6(4)9(14-15)17-2/h3H,11H2,1-2H3,(H,13,16). The molecular formula is C9H10ClN5O2. The molecule has 0 atom stereocenters. The number of methoxy groups -OCH3 is 1. The first-order chi connectivity index (χ1) is 8.08. The lowest BCUT2D eigenvalue weighted by Gasteiger charge is -2.03. The molecule has 0 aliphatic rings. The smallest absolute Gasteiger partial charge is 0.284 e. The minimum absolute atomic E-state index is 0.0833. The van der Waals surface area contributed by atoms with Crippen molar-refractivity contribution in [3.8, 4) is 5.88 Å². The molecule has 2 rings (SSSR count). The number of fused-ring (bicyclic) bond motifs is 1. The summed E-state index contributed by atoms with van der Waals surface area (Å²) < 4.78 is 6.64. The zero-order chi connectivity index (χ0) is 12.6. The second-order valence-corrected chi connectivity index (χ2v) is 3.68. The topological polar surface area (TPSA) is 95.1 Å². The molecule has 0 aliphatic heterocycles. The Balaban J connectivity index is 2.85. The summed E-state index contributed by atoms with van der Waals surface area (Å²) in [6.45, 7) is 0. The first-order valence-corrected chi connectivity index (χ1v) is 5.04. The van der Waals surface area contributed by atoms with E-state index in [0.29, 0.717) is 16.8 Å². The number of hydrogen-bond acceptors (Lipinski definition) is 5. The Morgan fingerprint density at radius 3 is 2.94 bits per heavy atom. The highest BCUT2D eigenvalue weighted by molar-refractivity contribution is 6.30. The van der Waals surface area contributed by atoms with Crippen molar-refractivity contribution >= 4 is 28.4 Å². The first kappa shape index (κ1) is 11.6. The maximum Gasteiger partial charge on any atom is 0.284 e. The molecule has 0 aliphatic carbocycles. The van der Waals surface area contributed by atoms with Gasteiger partial charge in [0.1, 0.15) is 10.8 Å². The maximum absolute atomic E-state index is 11.6. The van der Waals surface area contributed by atoms with Gasteiger partial charge in [-0.2, -0.15) is 0 Å². The third kappa shape index (κ3) is 1.79. The van der Waals surface area contributed by atoms with Crippen LogP contribution in [0.1, 0.15) is 10.5 Å². The lowest BCUT2D eigenvalue weighted by molar-refractivity contribution is 0.0950. The van der Waals surface area contributed by atoms with E-state index in [1.165, 1.54) is 7.11 Å². The molecule has 2 heterocycles. The number of aromatic nitrogens is 3. The van der Waals surface area contributed by atoms with Gasteiger partial charge >= 0.3 is 0 Å². The van der Waals surface area contributed by atoms with Gasteiger partial charge in [0, 0.05) is 13.1 Å². The number of carbonyl (C=O) groups is 1. The number of ether oxygens (including phenoxy) is 1. The summed E-state index contributed by atoms with van der Waals surface area (Å²) in [5, 5.41) is 4.76. The summed E-state index contributed by atoms with van der Waals surface area (Å²) in [7, 11) is 3.17. The molecule has 0 bridgehead atoms. The lowest BCUT2D eigenvalue weighted by atomic mass is 10.2. The number of aryl methyl sites for hydroxylation is 1. The average molecular weight is 256 g/mol. The van der Waals surface area contributed by atoms with Gasteiger partial charge in [-0.3, -0.25) is 14.9 Å². The number of pyridine rings is 1. The second-order valence-electron chi connectivity index (χ2n) is 3.29. The highest BCUT2D eigenvalue weighted by Crippen LogP contribution is 2.28. The van der Waals surface area contributed by atoms with Gasteiger partial charge in [-0.15, -0.1) is 5.10 Å². The van der Waals surface area contributed by atoms with E-state index in [1.54, 1.807) is 17.8 Å². The molecule has 3 N–H and O–H groups in total. The van der Waals surface area contributed by atoms with Crippen LogP contribution < -0.4 is 16.0 Å². The van der Waals surface area contributed by atoms with Gasteiger partial charge < -0.3 is 4.74 Å². The van der Waals surface area contributed by atoms with Crippen molar-refractivity contribution in [2.45, 2.75) is 0 Å². The van der Waals surface area contributed by atoms with E-state index in [9.17, 15) is 4.79 Å². The van der Waals surface area contributed by atoms with Crippen LogP contribution in [0.15, 0.2) is 6.07 Å². The van der Waals surface area contributed by atoms with Gasteiger partial charge in [-0.1, -0.05) is 11.6 Å². The molecule has 17 heavy (non-hydrogen) atoms. The molecule has 0 radical (unpaired) electrons. The predicted octanol–water partition coefficient (Wildman–Crippen LogP) is 0.234.